The van der Waals surface area contributed by atoms with Crippen molar-refractivity contribution in [1.82, 2.24) is 4.90 Å². The number of amides is 1. The maximum Gasteiger partial charge on any atom is 0.409 e. The summed E-state index contributed by atoms with van der Waals surface area (Å²) in [6, 6.07) is 16.6. The summed E-state index contributed by atoms with van der Waals surface area (Å²) in [6.07, 6.45) is 4.00. The van der Waals surface area contributed by atoms with Crippen LogP contribution in [0.3, 0.4) is 0 Å². The molecular weight excluding hydrogens is 382 g/mol. The zero-order chi connectivity index (χ0) is 21.7. The van der Waals surface area contributed by atoms with E-state index in [1.54, 1.807) is 26.0 Å². The Labute approximate surface area is 176 Å². The topological polar surface area (TPSA) is 76.1 Å². The fourth-order valence-corrected chi connectivity index (χ4v) is 3.90. The summed E-state index contributed by atoms with van der Waals surface area (Å²) in [5.74, 6) is -0.366. The molecule has 3 rings (SSSR count). The molecule has 1 aliphatic rings. The summed E-state index contributed by atoms with van der Waals surface area (Å²) in [7, 11) is 1.35. The zero-order valence-corrected chi connectivity index (χ0v) is 17.4. The van der Waals surface area contributed by atoms with Gasteiger partial charge in [0.25, 0.3) is 0 Å². The second kappa shape index (κ2) is 9.13. The number of rotatable bonds is 6. The minimum absolute atomic E-state index is 0.286. The molecule has 158 valence electrons. The first-order valence-corrected chi connectivity index (χ1v) is 9.93. The monoisotopic (exact) mass is 409 g/mol. The number of nitrogens with zero attached hydrogens (tertiary/aromatic N) is 1. The number of ether oxygens (including phenoxy) is 2. The van der Waals surface area contributed by atoms with E-state index in [4.69, 9.17) is 9.47 Å². The molecule has 2 atom stereocenters. The molecule has 0 spiro atoms. The van der Waals surface area contributed by atoms with Crippen LogP contribution in [0, 0.1) is 0 Å². The molecule has 6 heteroatoms. The van der Waals surface area contributed by atoms with Gasteiger partial charge in [0.05, 0.1) is 18.7 Å². The van der Waals surface area contributed by atoms with Crippen molar-refractivity contribution < 1.29 is 24.2 Å². The molecule has 2 aromatic rings. The molecule has 0 aromatic heterocycles. The predicted molar refractivity (Wildman–Crippen MR) is 114 cm³/mol. The van der Waals surface area contributed by atoms with Gasteiger partial charge >= 0.3 is 12.1 Å². The maximum absolute atomic E-state index is 12.0. The summed E-state index contributed by atoms with van der Waals surface area (Å²) in [6.45, 7) is 3.57. The van der Waals surface area contributed by atoms with E-state index in [2.05, 4.69) is 0 Å². The highest BCUT2D eigenvalue weighted by molar-refractivity contribution is 5.89. The Morgan fingerprint density at radius 2 is 1.80 bits per heavy atom. The van der Waals surface area contributed by atoms with Gasteiger partial charge in [0, 0.05) is 0 Å². The highest BCUT2D eigenvalue weighted by Crippen LogP contribution is 2.42. The van der Waals surface area contributed by atoms with E-state index in [9.17, 15) is 14.7 Å². The van der Waals surface area contributed by atoms with Gasteiger partial charge in [-0.25, -0.2) is 9.59 Å². The Bertz CT molecular complexity index is 905. The van der Waals surface area contributed by atoms with Crippen molar-refractivity contribution in [2.75, 3.05) is 7.11 Å². The highest BCUT2D eigenvalue weighted by atomic mass is 16.6. The molecule has 2 aromatic carbocycles. The van der Waals surface area contributed by atoms with Crippen molar-refractivity contribution in [3.63, 3.8) is 0 Å². The first-order chi connectivity index (χ1) is 14.3. The molecule has 6 nitrogen and oxygen atoms in total. The first-order valence-electron chi connectivity index (χ1n) is 9.93. The van der Waals surface area contributed by atoms with Gasteiger partial charge in [-0.1, -0.05) is 54.6 Å². The smallest absolute Gasteiger partial charge is 0.409 e. The Hall–Kier alpha value is -3.12. The van der Waals surface area contributed by atoms with E-state index >= 15 is 0 Å². The second-order valence-corrected chi connectivity index (χ2v) is 7.71. The van der Waals surface area contributed by atoms with Crippen LogP contribution in [0.2, 0.25) is 0 Å². The fraction of sp³-hybridized carbons (Fsp3) is 0.333. The van der Waals surface area contributed by atoms with Crippen molar-refractivity contribution in [2.45, 2.75) is 44.6 Å². The van der Waals surface area contributed by atoms with Crippen LogP contribution in [-0.4, -0.2) is 40.9 Å². The molecule has 0 bridgehead atoms. The SMILES string of the molecule is COC(=O)c1ccc(/C=C/CC[C@@H]2[C@@H](c3ccccc3)OC(C)(C)N2C(=O)O)cc1. The van der Waals surface area contributed by atoms with Crippen LogP contribution in [0.5, 0.6) is 0 Å². The highest BCUT2D eigenvalue weighted by Gasteiger charge is 2.50. The average Bonchev–Trinajstić information content (AvgIpc) is 3.02. The molecule has 1 fully saturated rings. The molecule has 1 aliphatic heterocycles. The number of allylic oxidation sites excluding steroid dienone is 1. The minimum atomic E-state index is -0.981. The summed E-state index contributed by atoms with van der Waals surface area (Å²) < 4.78 is 10.9. The molecule has 1 saturated heterocycles. The van der Waals surface area contributed by atoms with Crippen LogP contribution in [0.25, 0.3) is 6.08 Å². The predicted octanol–water partition coefficient (Wildman–Crippen LogP) is 5.12. The summed E-state index contributed by atoms with van der Waals surface area (Å²) >= 11 is 0. The van der Waals surface area contributed by atoms with Crippen molar-refractivity contribution in [2.24, 2.45) is 0 Å². The van der Waals surface area contributed by atoms with E-state index in [-0.39, 0.29) is 18.1 Å². The van der Waals surface area contributed by atoms with Crippen LogP contribution < -0.4 is 0 Å². The fourth-order valence-electron chi connectivity index (χ4n) is 3.90. The van der Waals surface area contributed by atoms with Crippen LogP contribution >= 0.6 is 0 Å². The van der Waals surface area contributed by atoms with Gasteiger partial charge in [0.2, 0.25) is 0 Å². The molecule has 1 amide bonds. The summed E-state index contributed by atoms with van der Waals surface area (Å²) in [5, 5.41) is 9.80. The molecule has 0 unspecified atom stereocenters. The first kappa shape index (κ1) is 21.6. The van der Waals surface area contributed by atoms with Gasteiger partial charge in [-0.15, -0.1) is 0 Å². The Balaban J connectivity index is 1.71. The van der Waals surface area contributed by atoms with Crippen LogP contribution in [0.1, 0.15) is 54.3 Å². The minimum Gasteiger partial charge on any atom is -0.465 e. The van der Waals surface area contributed by atoms with Crippen LogP contribution in [0.4, 0.5) is 4.79 Å². The van der Waals surface area contributed by atoms with E-state index < -0.39 is 11.8 Å². The van der Waals surface area contributed by atoms with Gasteiger partial charge in [-0.2, -0.15) is 0 Å². The van der Waals surface area contributed by atoms with Gasteiger partial charge in [-0.3, -0.25) is 4.90 Å². The summed E-state index contributed by atoms with van der Waals surface area (Å²) in [4.78, 5) is 24.9. The van der Waals surface area contributed by atoms with Crippen molar-refractivity contribution in [3.05, 3.63) is 77.4 Å². The van der Waals surface area contributed by atoms with Gasteiger partial charge in [-0.05, 0) is 49.9 Å². The molecule has 0 aliphatic carbocycles. The quantitative estimate of drug-likeness (QED) is 0.670. The molecule has 30 heavy (non-hydrogen) atoms. The van der Waals surface area contributed by atoms with E-state index in [1.165, 1.54) is 12.0 Å². The number of carboxylic acid groups (broad SMARTS) is 1. The third-order valence-corrected chi connectivity index (χ3v) is 5.28. The number of hydrogen-bond donors (Lipinski definition) is 1. The normalized spacial score (nSPS) is 20.4. The lowest BCUT2D eigenvalue weighted by atomic mass is 9.97. The van der Waals surface area contributed by atoms with Gasteiger partial charge in [0.1, 0.15) is 11.8 Å². The van der Waals surface area contributed by atoms with Crippen molar-refractivity contribution >= 4 is 18.1 Å². The largest absolute Gasteiger partial charge is 0.465 e. The number of methoxy groups -OCH3 is 1. The third kappa shape index (κ3) is 4.71. The number of benzene rings is 2. The molecular formula is C24H27NO5. The standard InChI is InChI=1S/C24H27NO5/c1-24(2)25(23(27)28)20(21(30-24)18-10-5-4-6-11-18)12-8-7-9-17-13-15-19(16-14-17)22(26)29-3/h4-7,9-11,13-16,20-21H,8,12H2,1-3H3,(H,27,28)/b9-7+/t20-,21-/m1/s1. The lowest BCUT2D eigenvalue weighted by Gasteiger charge is -2.30. The van der Waals surface area contributed by atoms with Crippen LogP contribution in [-0.2, 0) is 9.47 Å². The summed E-state index contributed by atoms with van der Waals surface area (Å²) in [5.41, 5.74) is 1.54. The van der Waals surface area contributed by atoms with Gasteiger partial charge in [0.15, 0.2) is 0 Å². The van der Waals surface area contributed by atoms with Crippen molar-refractivity contribution in [1.29, 1.82) is 0 Å². The molecule has 1 heterocycles. The lowest BCUT2D eigenvalue weighted by Crippen LogP contribution is -2.47. The Morgan fingerprint density at radius 3 is 2.40 bits per heavy atom. The number of carbonyl (C=O) groups excluding carboxylic acids is 1. The lowest BCUT2D eigenvalue weighted by molar-refractivity contribution is -0.0673. The molecule has 0 radical (unpaired) electrons. The number of hydrogen-bond acceptors (Lipinski definition) is 4. The Kier molecular flexibility index (Phi) is 6.57. The number of esters is 1. The third-order valence-electron chi connectivity index (χ3n) is 5.28. The number of carbonyl (C=O) groups is 2. The van der Waals surface area contributed by atoms with E-state index in [1.807, 2.05) is 54.6 Å². The second-order valence-electron chi connectivity index (χ2n) is 7.71. The maximum atomic E-state index is 12.0. The van der Waals surface area contributed by atoms with Crippen molar-refractivity contribution in [3.8, 4) is 0 Å². The average molecular weight is 409 g/mol. The zero-order valence-electron chi connectivity index (χ0n) is 17.4. The van der Waals surface area contributed by atoms with Gasteiger partial charge < -0.3 is 14.6 Å². The Morgan fingerprint density at radius 1 is 1.13 bits per heavy atom. The van der Waals surface area contributed by atoms with E-state index in [0.717, 1.165) is 11.1 Å². The van der Waals surface area contributed by atoms with E-state index in [0.29, 0.717) is 18.4 Å². The van der Waals surface area contributed by atoms with Crippen LogP contribution in [0.15, 0.2) is 60.7 Å². The molecule has 0 saturated carbocycles. The molecule has 1 N–H and O–H groups in total.